The molecule has 0 radical (unpaired) electrons. The predicted octanol–water partition coefficient (Wildman–Crippen LogP) is 3.83. The quantitative estimate of drug-likeness (QED) is 0.512. The monoisotopic (exact) mass is 287 g/mol. The molecule has 2 aromatic carbocycles. The van der Waals surface area contributed by atoms with Crippen molar-refractivity contribution in [2.24, 2.45) is 0 Å². The first-order valence-corrected chi connectivity index (χ1v) is 6.46. The number of nitrogens with one attached hydrogen (secondary N) is 1. The number of hydrogen-bond donors (Lipinski definition) is 2. The fourth-order valence-electron chi connectivity index (χ4n) is 1.79. The highest BCUT2D eigenvalue weighted by Crippen LogP contribution is 2.26. The van der Waals surface area contributed by atoms with E-state index in [4.69, 9.17) is 16.8 Å². The molecule has 0 aliphatic rings. The highest BCUT2D eigenvalue weighted by atomic mass is 35.5. The number of hydroxylamine groups is 1. The van der Waals surface area contributed by atoms with Gasteiger partial charge in [0.25, 0.3) is 5.91 Å². The molecule has 0 atom stereocenters. The van der Waals surface area contributed by atoms with Crippen molar-refractivity contribution < 1.29 is 10.0 Å². The van der Waals surface area contributed by atoms with Gasteiger partial charge in [-0.3, -0.25) is 10.0 Å². The van der Waals surface area contributed by atoms with E-state index in [0.29, 0.717) is 10.6 Å². The topological polar surface area (TPSA) is 49.3 Å². The highest BCUT2D eigenvalue weighted by Gasteiger charge is 2.02. The molecule has 0 aliphatic heterocycles. The lowest BCUT2D eigenvalue weighted by Crippen LogP contribution is -2.14. The SMILES string of the molecule is Cc1ccc(-c2ccc(/C=C/C(=O)NO)c(Cl)c2)cc1. The third-order valence-electron chi connectivity index (χ3n) is 2.91. The summed E-state index contributed by atoms with van der Waals surface area (Å²) in [5.74, 6) is -0.594. The van der Waals surface area contributed by atoms with Gasteiger partial charge in [0.15, 0.2) is 0 Å². The Kier molecular flexibility index (Phi) is 4.56. The molecule has 2 rings (SSSR count). The summed E-state index contributed by atoms with van der Waals surface area (Å²) >= 11 is 6.19. The highest BCUT2D eigenvalue weighted by molar-refractivity contribution is 6.32. The molecule has 0 aliphatic carbocycles. The van der Waals surface area contributed by atoms with E-state index in [2.05, 4.69) is 0 Å². The summed E-state index contributed by atoms with van der Waals surface area (Å²) in [7, 11) is 0. The average molecular weight is 288 g/mol. The zero-order valence-electron chi connectivity index (χ0n) is 10.9. The summed E-state index contributed by atoms with van der Waals surface area (Å²) in [5, 5.41) is 8.96. The second kappa shape index (κ2) is 6.37. The number of rotatable bonds is 3. The first kappa shape index (κ1) is 14.3. The molecule has 0 spiro atoms. The minimum absolute atomic E-state index is 0.546. The summed E-state index contributed by atoms with van der Waals surface area (Å²) in [4.78, 5) is 10.9. The van der Waals surface area contributed by atoms with Crippen molar-refractivity contribution >= 4 is 23.6 Å². The third-order valence-corrected chi connectivity index (χ3v) is 3.24. The molecule has 0 saturated carbocycles. The Balaban J connectivity index is 2.28. The number of hydrogen-bond acceptors (Lipinski definition) is 2. The second-order valence-corrected chi connectivity index (χ2v) is 4.82. The van der Waals surface area contributed by atoms with Gasteiger partial charge in [0.2, 0.25) is 0 Å². The molecule has 0 saturated heterocycles. The van der Waals surface area contributed by atoms with Crippen molar-refractivity contribution in [1.82, 2.24) is 5.48 Å². The van der Waals surface area contributed by atoms with Crippen molar-refractivity contribution in [3.63, 3.8) is 0 Å². The Labute approximate surface area is 122 Å². The van der Waals surface area contributed by atoms with Gasteiger partial charge in [0.1, 0.15) is 0 Å². The van der Waals surface area contributed by atoms with Crippen LogP contribution in [0.4, 0.5) is 0 Å². The van der Waals surface area contributed by atoms with Crippen molar-refractivity contribution in [2.75, 3.05) is 0 Å². The number of aryl methyl sites for hydroxylation is 1. The van der Waals surface area contributed by atoms with E-state index < -0.39 is 5.91 Å². The largest absolute Gasteiger partial charge is 0.288 e. The molecule has 0 bridgehead atoms. The predicted molar refractivity (Wildman–Crippen MR) is 80.6 cm³/mol. The number of carbonyl (C=O) groups is 1. The van der Waals surface area contributed by atoms with Crippen molar-refractivity contribution in [3.05, 3.63) is 64.7 Å². The smallest absolute Gasteiger partial charge is 0.267 e. The van der Waals surface area contributed by atoms with Gasteiger partial charge in [0, 0.05) is 11.1 Å². The Bertz CT molecular complexity index is 648. The van der Waals surface area contributed by atoms with E-state index in [1.54, 1.807) is 6.08 Å². The summed E-state index contributed by atoms with van der Waals surface area (Å²) in [5.41, 5.74) is 5.54. The summed E-state index contributed by atoms with van der Waals surface area (Å²) in [6.45, 7) is 2.04. The standard InChI is InChI=1S/C16H14ClNO2/c1-11-2-4-12(5-3-11)14-7-6-13(15(17)10-14)8-9-16(19)18-20/h2-10,20H,1H3,(H,18,19)/b9-8+. The van der Waals surface area contributed by atoms with Gasteiger partial charge in [-0.1, -0.05) is 53.6 Å². The fourth-order valence-corrected chi connectivity index (χ4v) is 2.03. The van der Waals surface area contributed by atoms with Gasteiger partial charge in [-0.05, 0) is 35.8 Å². The van der Waals surface area contributed by atoms with Crippen LogP contribution in [0.3, 0.4) is 0 Å². The van der Waals surface area contributed by atoms with E-state index in [0.717, 1.165) is 11.1 Å². The van der Waals surface area contributed by atoms with Crippen molar-refractivity contribution in [3.8, 4) is 11.1 Å². The molecule has 1 amide bonds. The van der Waals surface area contributed by atoms with E-state index in [-0.39, 0.29) is 0 Å². The van der Waals surface area contributed by atoms with E-state index >= 15 is 0 Å². The van der Waals surface area contributed by atoms with Crippen LogP contribution in [-0.2, 0) is 4.79 Å². The normalized spacial score (nSPS) is 10.8. The van der Waals surface area contributed by atoms with Gasteiger partial charge < -0.3 is 0 Å². The number of amides is 1. The lowest BCUT2D eigenvalue weighted by molar-refractivity contribution is -0.124. The maximum absolute atomic E-state index is 10.9. The second-order valence-electron chi connectivity index (χ2n) is 4.41. The third kappa shape index (κ3) is 3.47. The number of benzene rings is 2. The summed E-state index contributed by atoms with van der Waals surface area (Å²) < 4.78 is 0. The van der Waals surface area contributed by atoms with Crippen LogP contribution in [0, 0.1) is 6.92 Å². The van der Waals surface area contributed by atoms with Gasteiger partial charge in [-0.2, -0.15) is 0 Å². The van der Waals surface area contributed by atoms with Crippen molar-refractivity contribution in [2.45, 2.75) is 6.92 Å². The van der Waals surface area contributed by atoms with E-state index in [1.165, 1.54) is 17.1 Å². The molecule has 2 aromatic rings. The van der Waals surface area contributed by atoms with E-state index in [1.807, 2.05) is 49.4 Å². The zero-order valence-corrected chi connectivity index (χ0v) is 11.7. The zero-order chi connectivity index (χ0) is 14.5. The molecule has 0 unspecified atom stereocenters. The van der Waals surface area contributed by atoms with Gasteiger partial charge in [0.05, 0.1) is 0 Å². The molecule has 0 fully saturated rings. The molecule has 20 heavy (non-hydrogen) atoms. The van der Waals surface area contributed by atoms with Crippen LogP contribution in [0.15, 0.2) is 48.5 Å². The Hall–Kier alpha value is -2.10. The van der Waals surface area contributed by atoms with Crippen LogP contribution in [-0.4, -0.2) is 11.1 Å². The minimum Gasteiger partial charge on any atom is -0.288 e. The molecular formula is C16H14ClNO2. The summed E-state index contributed by atoms with van der Waals surface area (Å²) in [6.07, 6.45) is 2.76. The first-order valence-electron chi connectivity index (χ1n) is 6.09. The molecule has 0 aromatic heterocycles. The molecule has 2 N–H and O–H groups in total. The number of carbonyl (C=O) groups excluding carboxylic acids is 1. The van der Waals surface area contributed by atoms with Crippen LogP contribution in [0.1, 0.15) is 11.1 Å². The van der Waals surface area contributed by atoms with Crippen LogP contribution in [0.25, 0.3) is 17.2 Å². The maximum Gasteiger partial charge on any atom is 0.267 e. The van der Waals surface area contributed by atoms with E-state index in [9.17, 15) is 4.79 Å². The molecular weight excluding hydrogens is 274 g/mol. The molecule has 102 valence electrons. The Morgan fingerprint density at radius 1 is 1.15 bits per heavy atom. The van der Waals surface area contributed by atoms with Crippen LogP contribution in [0.2, 0.25) is 5.02 Å². The molecule has 0 heterocycles. The lowest BCUT2D eigenvalue weighted by atomic mass is 10.0. The van der Waals surface area contributed by atoms with Crippen LogP contribution < -0.4 is 5.48 Å². The van der Waals surface area contributed by atoms with Crippen molar-refractivity contribution in [1.29, 1.82) is 0 Å². The maximum atomic E-state index is 10.9. The minimum atomic E-state index is -0.594. The van der Waals surface area contributed by atoms with Gasteiger partial charge in [-0.15, -0.1) is 0 Å². The molecule has 4 heteroatoms. The van der Waals surface area contributed by atoms with Gasteiger partial charge in [-0.25, -0.2) is 5.48 Å². The first-order chi connectivity index (χ1) is 9.60. The Morgan fingerprint density at radius 3 is 2.40 bits per heavy atom. The average Bonchev–Trinajstić information content (AvgIpc) is 2.46. The molecule has 3 nitrogen and oxygen atoms in total. The number of halogens is 1. The summed E-state index contributed by atoms with van der Waals surface area (Å²) in [6, 6.07) is 13.8. The van der Waals surface area contributed by atoms with Crippen LogP contribution in [0.5, 0.6) is 0 Å². The van der Waals surface area contributed by atoms with Crippen LogP contribution >= 0.6 is 11.6 Å². The fraction of sp³-hybridized carbons (Fsp3) is 0.0625. The van der Waals surface area contributed by atoms with Gasteiger partial charge >= 0.3 is 0 Å². The Morgan fingerprint density at radius 2 is 1.80 bits per heavy atom. The lowest BCUT2D eigenvalue weighted by Gasteiger charge is -2.05.